The van der Waals surface area contributed by atoms with Crippen LogP contribution in [0, 0.1) is 0 Å². The highest BCUT2D eigenvalue weighted by molar-refractivity contribution is 7.89. The molecule has 1 heterocycles. The molecule has 0 amide bonds. The van der Waals surface area contributed by atoms with E-state index in [-0.39, 0.29) is 27.8 Å². The van der Waals surface area contributed by atoms with E-state index in [9.17, 15) is 22.0 Å². The number of esters is 1. The van der Waals surface area contributed by atoms with Gasteiger partial charge in [-0.1, -0.05) is 32.0 Å². The molecule has 2 aromatic rings. The maximum atomic E-state index is 12.6. The molecule has 0 radical (unpaired) electrons. The van der Waals surface area contributed by atoms with Gasteiger partial charge in [0, 0.05) is 24.2 Å². The topological polar surface area (TPSA) is 85.3 Å². The lowest BCUT2D eigenvalue weighted by Crippen LogP contribution is -2.30. The Morgan fingerprint density at radius 3 is 2.35 bits per heavy atom. The number of cyclic esters (lactones) is 1. The molecule has 0 aromatic heterocycles. The SMILES string of the molecule is CCN(CC)S(=O)(=O)c1ccc(C2=N/C(=C\c3ccccc3OC(F)F)C(=O)O2)cc1. The predicted molar refractivity (Wildman–Crippen MR) is 110 cm³/mol. The van der Waals surface area contributed by atoms with Crippen LogP contribution in [0.4, 0.5) is 8.78 Å². The van der Waals surface area contributed by atoms with Crippen molar-refractivity contribution in [3.8, 4) is 5.75 Å². The van der Waals surface area contributed by atoms with Gasteiger partial charge in [0.05, 0.1) is 4.90 Å². The molecule has 0 saturated carbocycles. The van der Waals surface area contributed by atoms with Gasteiger partial charge in [0.15, 0.2) is 5.70 Å². The molecular formula is C21H20F2N2O5S. The number of alkyl halides is 2. The first-order valence-electron chi connectivity index (χ1n) is 9.43. The van der Waals surface area contributed by atoms with E-state index < -0.39 is 22.6 Å². The Bertz CT molecular complexity index is 1120. The first-order chi connectivity index (χ1) is 14.8. The number of carbonyl (C=O) groups is 1. The Morgan fingerprint density at radius 2 is 1.74 bits per heavy atom. The Balaban J connectivity index is 1.88. The number of ether oxygens (including phenoxy) is 2. The Kier molecular flexibility index (Phi) is 6.81. The minimum absolute atomic E-state index is 0.0182. The number of benzene rings is 2. The third kappa shape index (κ3) is 4.97. The smallest absolute Gasteiger partial charge is 0.387 e. The fourth-order valence-electron chi connectivity index (χ4n) is 2.97. The minimum atomic E-state index is -3.62. The number of carbonyl (C=O) groups excluding carboxylic acids is 1. The quantitative estimate of drug-likeness (QED) is 0.453. The van der Waals surface area contributed by atoms with Crippen LogP contribution in [0.3, 0.4) is 0 Å². The summed E-state index contributed by atoms with van der Waals surface area (Å²) in [6, 6.07) is 11.8. The highest BCUT2D eigenvalue weighted by Gasteiger charge is 2.26. The second-order valence-corrected chi connectivity index (χ2v) is 8.30. The molecule has 0 atom stereocenters. The standard InChI is InChI=1S/C21H20F2N2O5S/c1-3-25(4-2)31(27,28)16-11-9-14(10-12-16)19-24-17(20(26)30-19)13-15-7-5-6-8-18(15)29-21(22)23/h5-13,21H,3-4H2,1-2H3/b17-13-. The molecule has 0 bridgehead atoms. The number of sulfonamides is 1. The van der Waals surface area contributed by atoms with Crippen LogP contribution in [0.5, 0.6) is 5.75 Å². The van der Waals surface area contributed by atoms with Gasteiger partial charge in [-0.15, -0.1) is 0 Å². The van der Waals surface area contributed by atoms with Crippen molar-refractivity contribution < 1.29 is 31.5 Å². The summed E-state index contributed by atoms with van der Waals surface area (Å²) >= 11 is 0. The summed E-state index contributed by atoms with van der Waals surface area (Å²) < 4.78 is 61.2. The van der Waals surface area contributed by atoms with Crippen molar-refractivity contribution in [1.29, 1.82) is 0 Å². The number of halogens is 2. The van der Waals surface area contributed by atoms with Gasteiger partial charge in [-0.3, -0.25) is 0 Å². The van der Waals surface area contributed by atoms with Crippen LogP contribution in [0.2, 0.25) is 0 Å². The van der Waals surface area contributed by atoms with Crippen LogP contribution in [0.25, 0.3) is 6.08 Å². The fraction of sp³-hybridized carbons (Fsp3) is 0.238. The third-order valence-corrected chi connectivity index (χ3v) is 6.56. The van der Waals surface area contributed by atoms with Crippen LogP contribution < -0.4 is 4.74 Å². The third-order valence-electron chi connectivity index (χ3n) is 4.49. The summed E-state index contributed by atoms with van der Waals surface area (Å²) in [5, 5.41) is 0. The predicted octanol–water partition coefficient (Wildman–Crippen LogP) is 3.66. The number of hydrogen-bond acceptors (Lipinski definition) is 6. The van der Waals surface area contributed by atoms with Crippen LogP contribution in [-0.4, -0.2) is 44.3 Å². The van der Waals surface area contributed by atoms with Gasteiger partial charge in [0.1, 0.15) is 5.75 Å². The second-order valence-electron chi connectivity index (χ2n) is 6.37. The van der Waals surface area contributed by atoms with Crippen LogP contribution in [-0.2, 0) is 19.6 Å². The minimum Gasteiger partial charge on any atom is -0.434 e. The van der Waals surface area contributed by atoms with Gasteiger partial charge in [0.2, 0.25) is 15.9 Å². The zero-order valence-electron chi connectivity index (χ0n) is 16.8. The maximum absolute atomic E-state index is 12.6. The van der Waals surface area contributed by atoms with E-state index in [1.54, 1.807) is 19.9 Å². The van der Waals surface area contributed by atoms with Gasteiger partial charge >= 0.3 is 12.6 Å². The number of hydrogen-bond donors (Lipinski definition) is 0. The monoisotopic (exact) mass is 450 g/mol. The zero-order valence-corrected chi connectivity index (χ0v) is 17.6. The van der Waals surface area contributed by atoms with E-state index in [4.69, 9.17) is 4.74 Å². The van der Waals surface area contributed by atoms with Crippen molar-refractivity contribution in [1.82, 2.24) is 4.31 Å². The molecule has 0 aliphatic carbocycles. The molecule has 1 aliphatic rings. The van der Waals surface area contributed by atoms with Crippen molar-refractivity contribution >= 4 is 28.0 Å². The molecule has 7 nitrogen and oxygen atoms in total. The largest absolute Gasteiger partial charge is 0.434 e. The van der Waals surface area contributed by atoms with Crippen LogP contribution in [0.1, 0.15) is 25.0 Å². The molecular weight excluding hydrogens is 430 g/mol. The van der Waals surface area contributed by atoms with Gasteiger partial charge in [-0.05, 0) is 36.4 Å². The van der Waals surface area contributed by atoms with E-state index in [0.717, 1.165) is 0 Å². The van der Waals surface area contributed by atoms with Crippen LogP contribution >= 0.6 is 0 Å². The summed E-state index contributed by atoms with van der Waals surface area (Å²) in [5.74, 6) is -0.885. The molecule has 0 fully saturated rings. The highest BCUT2D eigenvalue weighted by Crippen LogP contribution is 2.26. The van der Waals surface area contributed by atoms with Crippen molar-refractivity contribution in [3.05, 3.63) is 65.4 Å². The zero-order chi connectivity index (χ0) is 22.6. The van der Waals surface area contributed by atoms with Crippen molar-refractivity contribution in [2.45, 2.75) is 25.4 Å². The van der Waals surface area contributed by atoms with E-state index >= 15 is 0 Å². The number of aliphatic imine (C=N–C) groups is 1. The Hall–Kier alpha value is -3.11. The molecule has 31 heavy (non-hydrogen) atoms. The van der Waals surface area contributed by atoms with Gasteiger partial charge < -0.3 is 9.47 Å². The van der Waals surface area contributed by atoms with Gasteiger partial charge in [-0.2, -0.15) is 13.1 Å². The number of para-hydroxylation sites is 1. The lowest BCUT2D eigenvalue weighted by Gasteiger charge is -2.18. The average molecular weight is 450 g/mol. The summed E-state index contributed by atoms with van der Waals surface area (Å²) in [7, 11) is -3.62. The summed E-state index contributed by atoms with van der Waals surface area (Å²) in [6.45, 7) is 1.17. The summed E-state index contributed by atoms with van der Waals surface area (Å²) in [4.78, 5) is 16.4. The Labute approximate surface area is 178 Å². The molecule has 10 heteroatoms. The van der Waals surface area contributed by atoms with Crippen molar-refractivity contribution in [3.63, 3.8) is 0 Å². The fourth-order valence-corrected chi connectivity index (χ4v) is 4.42. The summed E-state index contributed by atoms with van der Waals surface area (Å²) in [6.07, 6.45) is 1.28. The molecule has 164 valence electrons. The van der Waals surface area contributed by atoms with Crippen molar-refractivity contribution in [2.75, 3.05) is 13.1 Å². The first kappa shape index (κ1) is 22.6. The molecule has 0 saturated heterocycles. The maximum Gasteiger partial charge on any atom is 0.387 e. The normalized spacial score (nSPS) is 15.5. The summed E-state index contributed by atoms with van der Waals surface area (Å²) in [5.41, 5.74) is 0.535. The molecule has 0 N–H and O–H groups in total. The molecule has 1 aliphatic heterocycles. The highest BCUT2D eigenvalue weighted by atomic mass is 32.2. The lowest BCUT2D eigenvalue weighted by molar-refractivity contribution is -0.129. The number of nitrogens with zero attached hydrogens (tertiary/aromatic N) is 2. The van der Waals surface area contributed by atoms with Crippen molar-refractivity contribution in [2.24, 2.45) is 4.99 Å². The van der Waals surface area contributed by atoms with Gasteiger partial charge in [0.25, 0.3) is 0 Å². The molecule has 0 unspecified atom stereocenters. The average Bonchev–Trinajstić information content (AvgIpc) is 3.10. The number of rotatable bonds is 8. The van der Waals surface area contributed by atoms with Crippen LogP contribution in [0.15, 0.2) is 64.1 Å². The second kappa shape index (κ2) is 9.36. The Morgan fingerprint density at radius 1 is 1.10 bits per heavy atom. The van der Waals surface area contributed by atoms with Gasteiger partial charge in [-0.25, -0.2) is 18.2 Å². The van der Waals surface area contributed by atoms with E-state index in [1.807, 2.05) is 0 Å². The van der Waals surface area contributed by atoms with E-state index in [2.05, 4.69) is 9.73 Å². The van der Waals surface area contributed by atoms with E-state index in [1.165, 1.54) is 52.8 Å². The first-order valence-corrected chi connectivity index (χ1v) is 10.9. The van der Waals surface area contributed by atoms with E-state index in [0.29, 0.717) is 18.7 Å². The lowest BCUT2D eigenvalue weighted by atomic mass is 10.1. The molecule has 2 aromatic carbocycles. The molecule has 0 spiro atoms. The molecule has 3 rings (SSSR count).